The van der Waals surface area contributed by atoms with Crippen LogP contribution in [0.1, 0.15) is 25.4 Å². The molecule has 4 aromatic rings. The fourth-order valence-corrected chi connectivity index (χ4v) is 4.71. The van der Waals surface area contributed by atoms with Crippen molar-refractivity contribution < 1.29 is 17.9 Å². The summed E-state index contributed by atoms with van der Waals surface area (Å²) in [7, 11) is 0. The topological polar surface area (TPSA) is 76.1 Å². The monoisotopic (exact) mass is 528 g/mol. The van der Waals surface area contributed by atoms with Gasteiger partial charge < -0.3 is 10.1 Å². The number of anilines is 2. The van der Waals surface area contributed by atoms with E-state index in [9.17, 15) is 13.2 Å². The van der Waals surface area contributed by atoms with Gasteiger partial charge in [0.25, 0.3) is 0 Å². The minimum Gasteiger partial charge on any atom is -0.373 e. The van der Waals surface area contributed by atoms with Crippen molar-refractivity contribution in [3.63, 3.8) is 0 Å². The van der Waals surface area contributed by atoms with Gasteiger partial charge in [0.15, 0.2) is 0 Å². The lowest BCUT2D eigenvalue weighted by atomic mass is 10.1. The number of pyridine rings is 2. The quantitative estimate of drug-likeness (QED) is 0.335. The molecule has 0 amide bonds. The Morgan fingerprint density at radius 2 is 1.84 bits per heavy atom. The molecule has 37 heavy (non-hydrogen) atoms. The Kier molecular flexibility index (Phi) is 6.98. The van der Waals surface area contributed by atoms with Crippen LogP contribution < -0.4 is 5.32 Å². The minimum atomic E-state index is -4.51. The molecule has 1 aromatic carbocycles. The molecule has 0 saturated carbocycles. The molecule has 3 aromatic heterocycles. The molecule has 0 aliphatic carbocycles. The first kappa shape index (κ1) is 25.3. The predicted molar refractivity (Wildman–Crippen MR) is 136 cm³/mol. The molecule has 4 heterocycles. The van der Waals surface area contributed by atoms with Gasteiger partial charge in [-0.1, -0.05) is 17.7 Å². The Morgan fingerprint density at radius 1 is 1.05 bits per heavy atom. The fraction of sp³-hybridized carbons (Fsp3) is 0.308. The zero-order valence-corrected chi connectivity index (χ0v) is 20.9. The molecule has 11 heteroatoms. The standard InChI is InChI=1S/C26H24ClF3N6O/c1-15-12-36(13-16(2)37-15)14-23-34-21-10-17(24-20(27)4-3-9-31-24)5-7-19(21)25(35-23)33-18-6-8-22(32-11-18)26(28,29)30/h3-11,15-16H,12-14H2,1-2H3,(H,33,34,35). The van der Waals surface area contributed by atoms with E-state index in [-0.39, 0.29) is 12.2 Å². The van der Waals surface area contributed by atoms with Crippen molar-refractivity contribution >= 4 is 34.0 Å². The van der Waals surface area contributed by atoms with E-state index in [1.54, 1.807) is 18.3 Å². The lowest BCUT2D eigenvalue weighted by Gasteiger charge is -2.34. The lowest BCUT2D eigenvalue weighted by molar-refractivity contribution is -0.141. The van der Waals surface area contributed by atoms with E-state index < -0.39 is 11.9 Å². The molecule has 1 saturated heterocycles. The number of nitrogens with zero attached hydrogens (tertiary/aromatic N) is 5. The van der Waals surface area contributed by atoms with Crippen LogP contribution in [-0.4, -0.2) is 50.1 Å². The smallest absolute Gasteiger partial charge is 0.373 e. The van der Waals surface area contributed by atoms with E-state index in [1.807, 2.05) is 32.0 Å². The highest BCUT2D eigenvalue weighted by molar-refractivity contribution is 6.33. The average molecular weight is 529 g/mol. The second kappa shape index (κ2) is 10.2. The number of hydrogen-bond acceptors (Lipinski definition) is 7. The summed E-state index contributed by atoms with van der Waals surface area (Å²) >= 11 is 6.37. The van der Waals surface area contributed by atoms with Gasteiger partial charge in [-0.25, -0.2) is 15.0 Å². The first-order chi connectivity index (χ1) is 17.7. The van der Waals surface area contributed by atoms with E-state index in [4.69, 9.17) is 26.3 Å². The van der Waals surface area contributed by atoms with Crippen LogP contribution in [0.2, 0.25) is 5.02 Å². The summed E-state index contributed by atoms with van der Waals surface area (Å²) in [6, 6.07) is 11.4. The van der Waals surface area contributed by atoms with Crippen molar-refractivity contribution in [2.24, 2.45) is 0 Å². The molecular weight excluding hydrogens is 505 g/mol. The van der Waals surface area contributed by atoms with E-state index in [1.165, 1.54) is 6.07 Å². The van der Waals surface area contributed by atoms with E-state index >= 15 is 0 Å². The molecule has 0 bridgehead atoms. The van der Waals surface area contributed by atoms with Gasteiger partial charge in [0.2, 0.25) is 0 Å². The maximum Gasteiger partial charge on any atom is 0.433 e. The van der Waals surface area contributed by atoms with Gasteiger partial charge in [-0.05, 0) is 50.2 Å². The van der Waals surface area contributed by atoms with Crippen LogP contribution in [-0.2, 0) is 17.5 Å². The number of ether oxygens (including phenoxy) is 1. The molecule has 1 aliphatic heterocycles. The van der Waals surface area contributed by atoms with Crippen molar-refractivity contribution in [1.29, 1.82) is 0 Å². The molecule has 0 spiro atoms. The van der Waals surface area contributed by atoms with E-state index in [0.717, 1.165) is 30.9 Å². The Labute approximate surface area is 216 Å². The third kappa shape index (κ3) is 5.82. The normalized spacial score (nSPS) is 18.8. The molecular formula is C26H24ClF3N6O. The third-order valence-electron chi connectivity index (χ3n) is 5.95. The van der Waals surface area contributed by atoms with Gasteiger partial charge in [0, 0.05) is 30.2 Å². The van der Waals surface area contributed by atoms with Crippen LogP contribution in [0.4, 0.5) is 24.7 Å². The van der Waals surface area contributed by atoms with Crippen LogP contribution in [0.15, 0.2) is 54.9 Å². The number of halogens is 4. The molecule has 1 fully saturated rings. The average Bonchev–Trinajstić information content (AvgIpc) is 2.83. The molecule has 2 unspecified atom stereocenters. The van der Waals surface area contributed by atoms with Gasteiger partial charge in [-0.2, -0.15) is 13.2 Å². The summed E-state index contributed by atoms with van der Waals surface area (Å²) in [6.07, 6.45) is -1.54. The summed E-state index contributed by atoms with van der Waals surface area (Å²) in [5.41, 5.74) is 1.49. The largest absolute Gasteiger partial charge is 0.433 e. The first-order valence-electron chi connectivity index (χ1n) is 11.8. The Balaban J connectivity index is 1.54. The number of fused-ring (bicyclic) bond motifs is 1. The summed E-state index contributed by atoms with van der Waals surface area (Å²) in [4.78, 5) is 19.7. The number of aromatic nitrogens is 4. The Hall–Kier alpha value is -3.34. The summed E-state index contributed by atoms with van der Waals surface area (Å²) in [5.74, 6) is 1.04. The van der Waals surface area contributed by atoms with Crippen LogP contribution >= 0.6 is 11.6 Å². The van der Waals surface area contributed by atoms with Gasteiger partial charge in [0.1, 0.15) is 17.3 Å². The van der Waals surface area contributed by atoms with E-state index in [2.05, 4.69) is 20.2 Å². The molecule has 1 N–H and O–H groups in total. The maximum atomic E-state index is 13.0. The lowest BCUT2D eigenvalue weighted by Crippen LogP contribution is -2.45. The highest BCUT2D eigenvalue weighted by Gasteiger charge is 2.32. The van der Waals surface area contributed by atoms with Crippen molar-refractivity contribution in [2.75, 3.05) is 18.4 Å². The molecule has 192 valence electrons. The van der Waals surface area contributed by atoms with Crippen LogP contribution in [0.25, 0.3) is 22.2 Å². The van der Waals surface area contributed by atoms with Crippen molar-refractivity contribution in [2.45, 2.75) is 38.8 Å². The highest BCUT2D eigenvalue weighted by Crippen LogP contribution is 2.32. The maximum absolute atomic E-state index is 13.0. The number of alkyl halides is 3. The number of nitrogens with one attached hydrogen (secondary N) is 1. The second-order valence-electron chi connectivity index (χ2n) is 9.06. The SMILES string of the molecule is CC1CN(Cc2nc(Nc3ccc(C(F)(F)F)nc3)c3ccc(-c4ncccc4Cl)cc3n2)CC(C)O1. The number of benzene rings is 1. The summed E-state index contributed by atoms with van der Waals surface area (Å²) in [5, 5.41) is 4.34. The Morgan fingerprint density at radius 3 is 2.51 bits per heavy atom. The van der Waals surface area contributed by atoms with Crippen LogP contribution in [0.5, 0.6) is 0 Å². The van der Waals surface area contributed by atoms with E-state index in [0.29, 0.717) is 45.5 Å². The van der Waals surface area contributed by atoms with Gasteiger partial charge in [-0.15, -0.1) is 0 Å². The zero-order chi connectivity index (χ0) is 26.2. The molecule has 5 rings (SSSR count). The van der Waals surface area contributed by atoms with Crippen molar-refractivity contribution in [1.82, 2.24) is 24.8 Å². The third-order valence-corrected chi connectivity index (χ3v) is 6.26. The van der Waals surface area contributed by atoms with Crippen molar-refractivity contribution in [3.05, 3.63) is 71.4 Å². The molecule has 1 aliphatic rings. The summed E-state index contributed by atoms with van der Waals surface area (Å²) < 4.78 is 44.7. The predicted octanol–water partition coefficient (Wildman–Crippen LogP) is 6.11. The van der Waals surface area contributed by atoms with Gasteiger partial charge >= 0.3 is 6.18 Å². The van der Waals surface area contributed by atoms with Gasteiger partial charge in [0.05, 0.1) is 46.9 Å². The highest BCUT2D eigenvalue weighted by atomic mass is 35.5. The van der Waals surface area contributed by atoms with Crippen LogP contribution in [0, 0.1) is 0 Å². The van der Waals surface area contributed by atoms with Crippen LogP contribution in [0.3, 0.4) is 0 Å². The second-order valence-corrected chi connectivity index (χ2v) is 9.47. The molecule has 2 atom stereocenters. The number of hydrogen-bond donors (Lipinski definition) is 1. The minimum absolute atomic E-state index is 0.0814. The van der Waals surface area contributed by atoms with Gasteiger partial charge in [-0.3, -0.25) is 9.88 Å². The first-order valence-corrected chi connectivity index (χ1v) is 12.1. The fourth-order valence-electron chi connectivity index (χ4n) is 4.47. The zero-order valence-electron chi connectivity index (χ0n) is 20.1. The number of rotatable bonds is 5. The number of morpholine rings is 1. The Bertz CT molecular complexity index is 1410. The molecule has 7 nitrogen and oxygen atoms in total. The van der Waals surface area contributed by atoms with Crippen molar-refractivity contribution in [3.8, 4) is 11.3 Å². The summed E-state index contributed by atoms with van der Waals surface area (Å²) in [6.45, 7) is 6.01. The molecule has 0 radical (unpaired) electrons.